The monoisotopic (exact) mass is 416 g/mol. The molecule has 0 unspecified atom stereocenters. The van der Waals surface area contributed by atoms with Crippen LogP contribution >= 0.6 is 11.6 Å². The van der Waals surface area contributed by atoms with E-state index in [9.17, 15) is 9.59 Å². The highest BCUT2D eigenvalue weighted by molar-refractivity contribution is 6.30. The van der Waals surface area contributed by atoms with Gasteiger partial charge in [-0.05, 0) is 24.3 Å². The van der Waals surface area contributed by atoms with E-state index in [-0.39, 0.29) is 17.7 Å². The molecular weight excluding hydrogens is 392 g/mol. The molecule has 1 N–H and O–H groups in total. The molecule has 1 fully saturated rings. The normalized spacial score (nSPS) is 20.6. The predicted octanol–water partition coefficient (Wildman–Crippen LogP) is 3.05. The number of aromatic nitrogens is 2. The zero-order valence-electron chi connectivity index (χ0n) is 16.6. The molecule has 0 radical (unpaired) electrons. The van der Waals surface area contributed by atoms with Crippen molar-refractivity contribution in [3.63, 3.8) is 0 Å². The topological polar surface area (TPSA) is 76.5 Å². The number of anilines is 1. The molecule has 2 aromatic rings. The van der Waals surface area contributed by atoms with Crippen LogP contribution in [0.15, 0.2) is 36.7 Å². The summed E-state index contributed by atoms with van der Waals surface area (Å²) < 4.78 is 8.38. The van der Waals surface area contributed by atoms with E-state index in [0.717, 1.165) is 5.82 Å². The first-order chi connectivity index (χ1) is 13.9. The number of ether oxygens (including phenoxy) is 1. The average molecular weight is 417 g/mol. The number of carbonyl (C=O) groups is 2. The Labute approximate surface area is 175 Å². The summed E-state index contributed by atoms with van der Waals surface area (Å²) in [4.78, 5) is 31.7. The standard InChI is InChI=1S/C21H25ClN4O3/c1-14(2)19(28)25-10-7-21(8-11-25)20-23-9-12-26(20)13-17(29-21)18(27)24-16-5-3-15(22)4-6-16/h3-6,9,12,14,17H,7-8,10-11,13H2,1-2H3,(H,24,27)/t17-/m1/s1. The SMILES string of the molecule is CC(C)C(=O)N1CCC2(CC1)O[C@@H](C(=O)Nc1ccc(Cl)cc1)Cn1ccnc12. The largest absolute Gasteiger partial charge is 0.352 e. The molecule has 4 rings (SSSR count). The van der Waals surface area contributed by atoms with Gasteiger partial charge in [-0.3, -0.25) is 9.59 Å². The first-order valence-corrected chi connectivity index (χ1v) is 10.3. The highest BCUT2D eigenvalue weighted by Gasteiger charge is 2.47. The number of likely N-dealkylation sites (tertiary alicyclic amines) is 1. The van der Waals surface area contributed by atoms with Crippen molar-refractivity contribution in [1.29, 1.82) is 0 Å². The smallest absolute Gasteiger partial charge is 0.255 e. The fourth-order valence-corrected chi connectivity index (χ4v) is 4.21. The number of piperidine rings is 1. The number of benzene rings is 1. The molecule has 1 aromatic heterocycles. The molecule has 1 spiro atoms. The molecule has 7 nitrogen and oxygen atoms in total. The van der Waals surface area contributed by atoms with Gasteiger partial charge in [0.05, 0.1) is 6.54 Å². The Morgan fingerprint density at radius 2 is 1.93 bits per heavy atom. The molecule has 154 valence electrons. The number of carbonyl (C=O) groups excluding carboxylic acids is 2. The number of halogens is 1. The molecule has 1 aromatic carbocycles. The molecule has 0 saturated carbocycles. The van der Waals surface area contributed by atoms with Gasteiger partial charge >= 0.3 is 0 Å². The molecule has 3 heterocycles. The maximum absolute atomic E-state index is 12.9. The van der Waals surface area contributed by atoms with Gasteiger partial charge in [0.15, 0.2) is 6.10 Å². The minimum absolute atomic E-state index is 0.0313. The summed E-state index contributed by atoms with van der Waals surface area (Å²) in [5.74, 6) is 0.753. The van der Waals surface area contributed by atoms with Crippen LogP contribution in [-0.2, 0) is 26.5 Å². The van der Waals surface area contributed by atoms with Gasteiger partial charge < -0.3 is 19.5 Å². The number of hydrogen-bond donors (Lipinski definition) is 1. The first kappa shape index (κ1) is 19.9. The third-order valence-electron chi connectivity index (χ3n) is 5.63. The van der Waals surface area contributed by atoms with Gasteiger partial charge in [0.1, 0.15) is 11.4 Å². The van der Waals surface area contributed by atoms with E-state index < -0.39 is 11.7 Å². The summed E-state index contributed by atoms with van der Waals surface area (Å²) in [6, 6.07) is 6.99. The van der Waals surface area contributed by atoms with Crippen LogP contribution in [0.4, 0.5) is 5.69 Å². The molecule has 29 heavy (non-hydrogen) atoms. The van der Waals surface area contributed by atoms with Gasteiger partial charge in [-0.25, -0.2) is 4.98 Å². The van der Waals surface area contributed by atoms with E-state index in [1.807, 2.05) is 29.5 Å². The Balaban J connectivity index is 1.51. The molecule has 0 aliphatic carbocycles. The zero-order chi connectivity index (χ0) is 20.6. The summed E-state index contributed by atoms with van der Waals surface area (Å²) in [7, 11) is 0. The van der Waals surface area contributed by atoms with Gasteiger partial charge in [-0.2, -0.15) is 0 Å². The number of fused-ring (bicyclic) bond motifs is 2. The minimum atomic E-state index is -0.655. The van der Waals surface area contributed by atoms with Gasteiger partial charge in [0, 0.05) is 55.0 Å². The molecule has 0 bridgehead atoms. The summed E-state index contributed by atoms with van der Waals surface area (Å²) >= 11 is 5.92. The molecule has 2 aliphatic rings. The van der Waals surface area contributed by atoms with Gasteiger partial charge in [-0.15, -0.1) is 0 Å². The lowest BCUT2D eigenvalue weighted by Crippen LogP contribution is -2.54. The van der Waals surface area contributed by atoms with Crippen LogP contribution in [0.5, 0.6) is 0 Å². The second-order valence-electron chi connectivity index (χ2n) is 7.98. The number of nitrogens with one attached hydrogen (secondary N) is 1. The van der Waals surface area contributed by atoms with E-state index in [4.69, 9.17) is 16.3 Å². The van der Waals surface area contributed by atoms with E-state index in [0.29, 0.717) is 43.2 Å². The highest BCUT2D eigenvalue weighted by atomic mass is 35.5. The Bertz CT molecular complexity index is 901. The van der Waals surface area contributed by atoms with Crippen molar-refractivity contribution in [2.24, 2.45) is 5.92 Å². The lowest BCUT2D eigenvalue weighted by molar-refractivity contribution is -0.173. The second-order valence-corrected chi connectivity index (χ2v) is 8.42. The predicted molar refractivity (Wildman–Crippen MR) is 110 cm³/mol. The van der Waals surface area contributed by atoms with Gasteiger partial charge in [0.25, 0.3) is 5.91 Å². The maximum Gasteiger partial charge on any atom is 0.255 e. The summed E-state index contributed by atoms with van der Waals surface area (Å²) in [6.07, 6.45) is 4.22. The van der Waals surface area contributed by atoms with Crippen LogP contribution in [-0.4, -0.2) is 45.5 Å². The Morgan fingerprint density at radius 3 is 2.59 bits per heavy atom. The Morgan fingerprint density at radius 1 is 1.24 bits per heavy atom. The second kappa shape index (κ2) is 7.80. The Kier molecular flexibility index (Phi) is 5.36. The van der Waals surface area contributed by atoms with Gasteiger partial charge in [0.2, 0.25) is 5.91 Å². The van der Waals surface area contributed by atoms with E-state index in [2.05, 4.69) is 10.3 Å². The van der Waals surface area contributed by atoms with Crippen molar-refractivity contribution in [1.82, 2.24) is 14.5 Å². The fraction of sp³-hybridized carbons (Fsp3) is 0.476. The van der Waals surface area contributed by atoms with Crippen LogP contribution in [0.2, 0.25) is 5.02 Å². The number of nitrogens with zero attached hydrogens (tertiary/aromatic N) is 3. The number of rotatable bonds is 3. The fourth-order valence-electron chi connectivity index (χ4n) is 4.08. The summed E-state index contributed by atoms with van der Waals surface area (Å²) in [6.45, 7) is 5.41. The zero-order valence-corrected chi connectivity index (χ0v) is 17.4. The van der Waals surface area contributed by atoms with Crippen molar-refractivity contribution in [2.45, 2.75) is 44.9 Å². The molecule has 8 heteroatoms. The maximum atomic E-state index is 12.9. The number of imidazole rings is 1. The lowest BCUT2D eigenvalue weighted by atomic mass is 9.88. The van der Waals surface area contributed by atoms with E-state index in [1.165, 1.54) is 0 Å². The summed E-state index contributed by atoms with van der Waals surface area (Å²) in [5, 5.41) is 3.52. The van der Waals surface area contributed by atoms with Crippen molar-refractivity contribution in [2.75, 3.05) is 18.4 Å². The minimum Gasteiger partial charge on any atom is -0.352 e. The summed E-state index contributed by atoms with van der Waals surface area (Å²) in [5.41, 5.74) is 0.0168. The molecule has 2 aliphatic heterocycles. The number of amides is 2. The Hall–Kier alpha value is -2.38. The van der Waals surface area contributed by atoms with Crippen molar-refractivity contribution in [3.05, 3.63) is 47.5 Å². The van der Waals surface area contributed by atoms with E-state index >= 15 is 0 Å². The third kappa shape index (κ3) is 3.89. The quantitative estimate of drug-likeness (QED) is 0.834. The molecule has 2 amide bonds. The van der Waals surface area contributed by atoms with E-state index in [1.54, 1.807) is 30.5 Å². The number of hydrogen-bond acceptors (Lipinski definition) is 4. The van der Waals surface area contributed by atoms with Crippen LogP contribution in [0, 0.1) is 5.92 Å². The van der Waals surface area contributed by atoms with Crippen LogP contribution < -0.4 is 5.32 Å². The lowest BCUT2D eigenvalue weighted by Gasteiger charge is -2.45. The average Bonchev–Trinajstić information content (AvgIpc) is 3.19. The first-order valence-electron chi connectivity index (χ1n) is 9.93. The molecule has 1 saturated heterocycles. The van der Waals surface area contributed by atoms with Crippen LogP contribution in [0.3, 0.4) is 0 Å². The van der Waals surface area contributed by atoms with Crippen molar-refractivity contribution in [3.8, 4) is 0 Å². The molecule has 1 atom stereocenters. The van der Waals surface area contributed by atoms with Gasteiger partial charge in [-0.1, -0.05) is 25.4 Å². The van der Waals surface area contributed by atoms with Crippen molar-refractivity contribution >= 4 is 29.1 Å². The molecular formula is C21H25ClN4O3. The third-order valence-corrected chi connectivity index (χ3v) is 5.89. The highest BCUT2D eigenvalue weighted by Crippen LogP contribution is 2.40. The van der Waals surface area contributed by atoms with Crippen LogP contribution in [0.25, 0.3) is 0 Å². The van der Waals surface area contributed by atoms with Crippen molar-refractivity contribution < 1.29 is 14.3 Å². The van der Waals surface area contributed by atoms with Crippen LogP contribution in [0.1, 0.15) is 32.5 Å².